The summed E-state index contributed by atoms with van der Waals surface area (Å²) in [5.74, 6) is 0.194. The van der Waals surface area contributed by atoms with Gasteiger partial charge >= 0.3 is 0 Å². The largest absolute Gasteiger partial charge is 0.263 e. The third-order valence-corrected chi connectivity index (χ3v) is 4.12. The van der Waals surface area contributed by atoms with Gasteiger partial charge in [-0.3, -0.25) is 9.40 Å². The van der Waals surface area contributed by atoms with E-state index < -0.39 is 10.0 Å². The highest BCUT2D eigenvalue weighted by molar-refractivity contribution is 7.92. The first-order valence-electron chi connectivity index (χ1n) is 6.07. The number of hydrogen-bond acceptors (Lipinski definition) is 4. The van der Waals surface area contributed by atoms with Crippen LogP contribution in [0.5, 0.6) is 0 Å². The highest BCUT2D eigenvalue weighted by atomic mass is 32.2. The van der Waals surface area contributed by atoms with Crippen molar-refractivity contribution in [2.75, 3.05) is 4.72 Å². The van der Waals surface area contributed by atoms with E-state index in [9.17, 15) is 8.42 Å². The molecule has 1 aromatic heterocycles. The van der Waals surface area contributed by atoms with Crippen molar-refractivity contribution in [3.05, 3.63) is 42.1 Å². The van der Waals surface area contributed by atoms with Gasteiger partial charge in [0.25, 0.3) is 10.0 Å². The molecule has 20 heavy (non-hydrogen) atoms. The standard InChI is InChI=1S/C13H14N4O2S/c1-2-11-3-5-12(6-4-11)20(18,19)16-13-7-9-17(15-13)10-8-14/h3-7,9H,2,10H2,1H3,(H,15,16). The van der Waals surface area contributed by atoms with Gasteiger partial charge in [0.2, 0.25) is 0 Å². The molecule has 2 rings (SSSR count). The van der Waals surface area contributed by atoms with Crippen LogP contribution in [0, 0.1) is 11.3 Å². The Bertz CT molecular complexity index is 726. The molecule has 0 amide bonds. The quantitative estimate of drug-likeness (QED) is 0.909. The molecular weight excluding hydrogens is 276 g/mol. The normalized spacial score (nSPS) is 11.0. The lowest BCUT2D eigenvalue weighted by Crippen LogP contribution is -2.13. The molecule has 0 fully saturated rings. The second-order valence-corrected chi connectivity index (χ2v) is 5.84. The number of aryl methyl sites for hydroxylation is 1. The molecule has 0 saturated heterocycles. The van der Waals surface area contributed by atoms with Gasteiger partial charge in [0, 0.05) is 12.3 Å². The van der Waals surface area contributed by atoms with E-state index in [1.807, 2.05) is 13.0 Å². The number of aromatic nitrogens is 2. The van der Waals surface area contributed by atoms with Crippen LogP contribution in [0.15, 0.2) is 41.4 Å². The zero-order valence-electron chi connectivity index (χ0n) is 10.9. The minimum atomic E-state index is -3.65. The number of hydrogen-bond donors (Lipinski definition) is 1. The lowest BCUT2D eigenvalue weighted by Gasteiger charge is -2.06. The van der Waals surface area contributed by atoms with E-state index in [2.05, 4.69) is 9.82 Å². The average Bonchev–Trinajstić information content (AvgIpc) is 2.86. The molecule has 104 valence electrons. The molecule has 0 unspecified atom stereocenters. The Morgan fingerprint density at radius 1 is 1.30 bits per heavy atom. The van der Waals surface area contributed by atoms with Gasteiger partial charge in [-0.25, -0.2) is 8.42 Å². The number of anilines is 1. The van der Waals surface area contributed by atoms with Crippen molar-refractivity contribution in [1.29, 1.82) is 5.26 Å². The van der Waals surface area contributed by atoms with Gasteiger partial charge in [0.1, 0.15) is 6.54 Å². The zero-order valence-corrected chi connectivity index (χ0v) is 11.8. The number of benzene rings is 1. The summed E-state index contributed by atoms with van der Waals surface area (Å²) < 4.78 is 28.0. The Morgan fingerprint density at radius 2 is 2.00 bits per heavy atom. The predicted octanol–water partition coefficient (Wildman–Crippen LogP) is 1.77. The zero-order chi connectivity index (χ0) is 14.6. The Labute approximate surface area is 117 Å². The summed E-state index contributed by atoms with van der Waals surface area (Å²) >= 11 is 0. The van der Waals surface area contributed by atoms with Crippen molar-refractivity contribution in [2.45, 2.75) is 24.8 Å². The molecule has 0 bridgehead atoms. The molecule has 0 aliphatic heterocycles. The van der Waals surface area contributed by atoms with Crippen molar-refractivity contribution in [2.24, 2.45) is 0 Å². The van der Waals surface area contributed by atoms with E-state index in [1.165, 1.54) is 10.7 Å². The van der Waals surface area contributed by atoms with Crippen LogP contribution in [0.4, 0.5) is 5.82 Å². The SMILES string of the molecule is CCc1ccc(S(=O)(=O)Nc2ccn(CC#N)n2)cc1. The Morgan fingerprint density at radius 3 is 2.60 bits per heavy atom. The van der Waals surface area contributed by atoms with Crippen LogP contribution in [0.1, 0.15) is 12.5 Å². The van der Waals surface area contributed by atoms with Crippen molar-refractivity contribution < 1.29 is 8.42 Å². The van der Waals surface area contributed by atoms with Crippen LogP contribution in [0.2, 0.25) is 0 Å². The minimum absolute atomic E-state index is 0.0763. The third kappa shape index (κ3) is 3.16. The molecular formula is C13H14N4O2S. The Kier molecular flexibility index (Phi) is 4.05. The molecule has 0 radical (unpaired) electrons. The van der Waals surface area contributed by atoms with E-state index >= 15 is 0 Å². The number of nitrogens with zero attached hydrogens (tertiary/aromatic N) is 3. The van der Waals surface area contributed by atoms with Crippen LogP contribution in [-0.4, -0.2) is 18.2 Å². The van der Waals surface area contributed by atoms with Gasteiger partial charge in [-0.2, -0.15) is 10.4 Å². The molecule has 2 aromatic rings. The maximum absolute atomic E-state index is 12.1. The summed E-state index contributed by atoms with van der Waals surface area (Å²) in [4.78, 5) is 0.185. The third-order valence-electron chi connectivity index (χ3n) is 2.75. The summed E-state index contributed by atoms with van der Waals surface area (Å²) in [7, 11) is -3.65. The smallest absolute Gasteiger partial charge is 0.262 e. The van der Waals surface area contributed by atoms with E-state index in [1.54, 1.807) is 30.5 Å². The lowest BCUT2D eigenvalue weighted by molar-refractivity contribution is 0.600. The van der Waals surface area contributed by atoms with Gasteiger partial charge in [0.15, 0.2) is 5.82 Å². The number of rotatable bonds is 5. The van der Waals surface area contributed by atoms with Crippen molar-refractivity contribution in [3.63, 3.8) is 0 Å². The first kappa shape index (κ1) is 14.1. The molecule has 0 saturated carbocycles. The molecule has 0 aliphatic carbocycles. The van der Waals surface area contributed by atoms with E-state index in [-0.39, 0.29) is 17.3 Å². The number of sulfonamides is 1. The van der Waals surface area contributed by atoms with Crippen LogP contribution in [0.25, 0.3) is 0 Å². The molecule has 0 spiro atoms. The molecule has 1 heterocycles. The van der Waals surface area contributed by atoms with Crippen molar-refractivity contribution in [3.8, 4) is 6.07 Å². The Hall–Kier alpha value is -2.33. The van der Waals surface area contributed by atoms with Crippen molar-refractivity contribution >= 4 is 15.8 Å². The van der Waals surface area contributed by atoms with Crippen molar-refractivity contribution in [1.82, 2.24) is 9.78 Å². The van der Waals surface area contributed by atoms with Gasteiger partial charge in [-0.1, -0.05) is 19.1 Å². The summed E-state index contributed by atoms with van der Waals surface area (Å²) in [6, 6.07) is 10.1. The average molecular weight is 290 g/mol. The van der Waals surface area contributed by atoms with E-state index in [4.69, 9.17) is 5.26 Å². The summed E-state index contributed by atoms with van der Waals surface area (Å²) in [6.45, 7) is 2.08. The Balaban J connectivity index is 2.19. The summed E-state index contributed by atoms with van der Waals surface area (Å²) in [5, 5.41) is 12.5. The highest BCUT2D eigenvalue weighted by Gasteiger charge is 2.15. The predicted molar refractivity (Wildman–Crippen MR) is 74.5 cm³/mol. The van der Waals surface area contributed by atoms with Crippen LogP contribution in [-0.2, 0) is 23.0 Å². The lowest BCUT2D eigenvalue weighted by atomic mass is 10.2. The molecule has 1 N–H and O–H groups in total. The minimum Gasteiger partial charge on any atom is -0.262 e. The molecule has 1 aromatic carbocycles. The van der Waals surface area contributed by atoms with Crippen LogP contribution >= 0.6 is 0 Å². The topological polar surface area (TPSA) is 87.8 Å². The van der Waals surface area contributed by atoms with Gasteiger partial charge in [-0.15, -0.1) is 0 Å². The van der Waals surface area contributed by atoms with Gasteiger partial charge < -0.3 is 0 Å². The van der Waals surface area contributed by atoms with Gasteiger partial charge in [0.05, 0.1) is 11.0 Å². The van der Waals surface area contributed by atoms with E-state index in [0.717, 1.165) is 12.0 Å². The second kappa shape index (κ2) is 5.75. The molecule has 0 aliphatic rings. The van der Waals surface area contributed by atoms with Gasteiger partial charge in [-0.05, 0) is 24.1 Å². The molecule has 0 atom stereocenters. The maximum atomic E-state index is 12.1. The fourth-order valence-corrected chi connectivity index (χ4v) is 2.67. The van der Waals surface area contributed by atoms with Crippen LogP contribution < -0.4 is 4.72 Å². The highest BCUT2D eigenvalue weighted by Crippen LogP contribution is 2.15. The molecule has 7 heteroatoms. The monoisotopic (exact) mass is 290 g/mol. The first-order chi connectivity index (χ1) is 9.55. The fraction of sp³-hybridized carbons (Fsp3) is 0.231. The maximum Gasteiger partial charge on any atom is 0.263 e. The van der Waals surface area contributed by atoms with E-state index in [0.29, 0.717) is 0 Å². The first-order valence-corrected chi connectivity index (χ1v) is 7.55. The fourth-order valence-electron chi connectivity index (χ4n) is 1.68. The number of nitriles is 1. The molecule has 6 nitrogen and oxygen atoms in total. The summed E-state index contributed by atoms with van der Waals surface area (Å²) in [5.41, 5.74) is 1.07. The summed E-state index contributed by atoms with van der Waals surface area (Å²) in [6.07, 6.45) is 2.40. The second-order valence-electron chi connectivity index (χ2n) is 4.16. The number of nitrogens with one attached hydrogen (secondary N) is 1. The van der Waals surface area contributed by atoms with Crippen LogP contribution in [0.3, 0.4) is 0 Å².